The smallest absolute Gasteiger partial charge is 0.335 e. The van der Waals surface area contributed by atoms with Gasteiger partial charge in [-0.15, -0.1) is 12.4 Å². The summed E-state index contributed by atoms with van der Waals surface area (Å²) in [5.41, 5.74) is 4.73. The van der Waals surface area contributed by atoms with Crippen molar-refractivity contribution in [1.82, 2.24) is 5.32 Å². The molecule has 0 saturated carbocycles. The van der Waals surface area contributed by atoms with Crippen LogP contribution in [0, 0.1) is 0 Å². The lowest BCUT2D eigenvalue weighted by atomic mass is 9.92. The van der Waals surface area contributed by atoms with E-state index in [0.29, 0.717) is 0 Å². The third-order valence-corrected chi connectivity index (χ3v) is 5.92. The lowest BCUT2D eigenvalue weighted by molar-refractivity contribution is 0.0697. The summed E-state index contributed by atoms with van der Waals surface area (Å²) in [6, 6.07) is 28.2. The lowest BCUT2D eigenvalue weighted by Crippen LogP contribution is -2.22. The zero-order chi connectivity index (χ0) is 22.7. The molecule has 0 fully saturated rings. The Hall–Kier alpha value is -3.34. The highest BCUT2D eigenvalue weighted by atomic mass is 35.5. The van der Waals surface area contributed by atoms with Crippen molar-refractivity contribution < 1.29 is 14.6 Å². The molecule has 170 valence electrons. The molecule has 0 amide bonds. The van der Waals surface area contributed by atoms with Gasteiger partial charge in [-0.3, -0.25) is 0 Å². The number of hydrogen-bond donors (Lipinski definition) is 2. The van der Waals surface area contributed by atoms with Gasteiger partial charge in [-0.2, -0.15) is 0 Å². The summed E-state index contributed by atoms with van der Waals surface area (Å²) in [5, 5.41) is 15.2. The molecule has 2 N–H and O–H groups in total. The van der Waals surface area contributed by atoms with E-state index < -0.39 is 5.97 Å². The molecule has 0 saturated heterocycles. The fourth-order valence-electron chi connectivity index (χ4n) is 4.09. The van der Waals surface area contributed by atoms with Crippen molar-refractivity contribution in [3.63, 3.8) is 0 Å². The Morgan fingerprint density at radius 1 is 0.848 bits per heavy atom. The highest BCUT2D eigenvalue weighted by Crippen LogP contribution is 2.33. The number of rotatable bonds is 7. The van der Waals surface area contributed by atoms with Crippen molar-refractivity contribution in [3.05, 3.63) is 102 Å². The summed E-state index contributed by atoms with van der Waals surface area (Å²) in [6.07, 6.45) is 0. The van der Waals surface area contributed by atoms with Gasteiger partial charge in [-0.25, -0.2) is 4.79 Å². The highest BCUT2D eigenvalue weighted by molar-refractivity contribution is 5.98. The number of halogens is 1. The van der Waals surface area contributed by atoms with Gasteiger partial charge < -0.3 is 15.2 Å². The van der Waals surface area contributed by atoms with Crippen LogP contribution in [-0.2, 0) is 0 Å². The number of methoxy groups -OCH3 is 1. The largest absolute Gasteiger partial charge is 0.497 e. The zero-order valence-corrected chi connectivity index (χ0v) is 19.7. The van der Waals surface area contributed by atoms with Crippen LogP contribution in [0.2, 0.25) is 0 Å². The Balaban J connectivity index is 0.00000306. The topological polar surface area (TPSA) is 58.6 Å². The van der Waals surface area contributed by atoms with Gasteiger partial charge in [0.25, 0.3) is 0 Å². The van der Waals surface area contributed by atoms with E-state index in [-0.39, 0.29) is 30.1 Å². The second-order valence-corrected chi connectivity index (χ2v) is 8.06. The van der Waals surface area contributed by atoms with Gasteiger partial charge >= 0.3 is 5.97 Å². The van der Waals surface area contributed by atoms with Crippen molar-refractivity contribution in [2.45, 2.75) is 25.9 Å². The maximum atomic E-state index is 11.2. The van der Waals surface area contributed by atoms with Crippen LogP contribution in [0.1, 0.15) is 47.4 Å². The van der Waals surface area contributed by atoms with Crippen LogP contribution in [0.4, 0.5) is 0 Å². The molecule has 0 bridgehead atoms. The summed E-state index contributed by atoms with van der Waals surface area (Å²) in [6.45, 7) is 4.32. The minimum absolute atomic E-state index is 0. The van der Waals surface area contributed by atoms with E-state index in [2.05, 4.69) is 55.6 Å². The number of benzene rings is 4. The molecular formula is C28H28ClNO3. The molecule has 4 nitrogen and oxygen atoms in total. The van der Waals surface area contributed by atoms with Gasteiger partial charge in [-0.05, 0) is 83.3 Å². The second-order valence-electron chi connectivity index (χ2n) is 8.06. The van der Waals surface area contributed by atoms with E-state index in [4.69, 9.17) is 4.74 Å². The van der Waals surface area contributed by atoms with Gasteiger partial charge in [-0.1, -0.05) is 48.5 Å². The monoisotopic (exact) mass is 461 g/mol. The van der Waals surface area contributed by atoms with Crippen molar-refractivity contribution in [1.29, 1.82) is 0 Å². The minimum Gasteiger partial charge on any atom is -0.497 e. The highest BCUT2D eigenvalue weighted by Gasteiger charge is 2.15. The first-order chi connectivity index (χ1) is 15.5. The normalized spacial score (nSPS) is 12.6. The first kappa shape index (κ1) is 24.3. The molecule has 4 aromatic carbocycles. The fourth-order valence-corrected chi connectivity index (χ4v) is 4.09. The van der Waals surface area contributed by atoms with Gasteiger partial charge in [0, 0.05) is 12.1 Å². The van der Waals surface area contributed by atoms with Crippen molar-refractivity contribution in [2.24, 2.45) is 0 Å². The Morgan fingerprint density at radius 3 is 2.24 bits per heavy atom. The number of carbonyl (C=O) groups is 1. The van der Waals surface area contributed by atoms with E-state index in [9.17, 15) is 9.90 Å². The minimum atomic E-state index is -0.917. The number of carboxylic acids is 1. The average Bonchev–Trinajstić information content (AvgIpc) is 2.83. The fraction of sp³-hybridized carbons (Fsp3) is 0.179. The first-order valence-electron chi connectivity index (χ1n) is 10.7. The van der Waals surface area contributed by atoms with Crippen LogP contribution >= 0.6 is 12.4 Å². The summed E-state index contributed by atoms with van der Waals surface area (Å²) >= 11 is 0. The number of carboxylic acid groups (broad SMARTS) is 1. The zero-order valence-electron chi connectivity index (χ0n) is 18.9. The summed E-state index contributed by atoms with van der Waals surface area (Å²) in [5.74, 6) is -0.0684. The number of hydrogen-bond acceptors (Lipinski definition) is 3. The van der Waals surface area contributed by atoms with Crippen molar-refractivity contribution in [2.75, 3.05) is 7.11 Å². The maximum Gasteiger partial charge on any atom is 0.335 e. The third-order valence-electron chi connectivity index (χ3n) is 5.92. The molecule has 0 aromatic heterocycles. The molecule has 0 aliphatic heterocycles. The van der Waals surface area contributed by atoms with Crippen molar-refractivity contribution >= 4 is 29.1 Å². The van der Waals surface area contributed by atoms with Crippen LogP contribution in [0.25, 0.3) is 21.9 Å². The van der Waals surface area contributed by atoms with Crippen LogP contribution < -0.4 is 10.1 Å². The number of nitrogens with one attached hydrogen (secondary N) is 1. The molecule has 0 aliphatic rings. The molecule has 0 aliphatic carbocycles. The molecule has 0 heterocycles. The Labute approximate surface area is 200 Å². The molecule has 33 heavy (non-hydrogen) atoms. The standard InChI is InChI=1S/C28H27NO3.ClH/c1-18(22-8-6-9-25(16-22)32-3)29-19(2)24-15-23-7-4-5-10-26(23)27(17-24)20-11-13-21(14-12-20)28(30)31;/h4-19,29H,1-3H3,(H,30,31);1H/t18-,19?;/m1./s1. The lowest BCUT2D eigenvalue weighted by Gasteiger charge is -2.22. The molecule has 2 atom stereocenters. The van der Waals surface area contributed by atoms with E-state index in [1.165, 1.54) is 11.1 Å². The SMILES string of the molecule is COc1cccc([C@@H](C)NC(C)c2cc(-c3ccc(C(=O)O)cc3)c3ccccc3c2)c1.Cl. The average molecular weight is 462 g/mol. The molecule has 4 rings (SSSR count). The van der Waals surface area contributed by atoms with Gasteiger partial charge in [0.2, 0.25) is 0 Å². The van der Waals surface area contributed by atoms with Crippen molar-refractivity contribution in [3.8, 4) is 16.9 Å². The Morgan fingerprint density at radius 2 is 1.55 bits per heavy atom. The number of fused-ring (bicyclic) bond motifs is 1. The molecule has 0 spiro atoms. The van der Waals surface area contributed by atoms with Crippen LogP contribution in [0.3, 0.4) is 0 Å². The summed E-state index contributed by atoms with van der Waals surface area (Å²) < 4.78 is 5.37. The summed E-state index contributed by atoms with van der Waals surface area (Å²) in [4.78, 5) is 11.2. The summed E-state index contributed by atoms with van der Waals surface area (Å²) in [7, 11) is 1.68. The predicted molar refractivity (Wildman–Crippen MR) is 137 cm³/mol. The van der Waals surface area contributed by atoms with Crippen LogP contribution in [0.15, 0.2) is 84.9 Å². The van der Waals surface area contributed by atoms with Gasteiger partial charge in [0.15, 0.2) is 0 Å². The Bertz CT molecular complexity index is 1250. The predicted octanol–water partition coefficient (Wildman–Crippen LogP) is 7.05. The second kappa shape index (κ2) is 10.5. The van der Waals surface area contributed by atoms with Gasteiger partial charge in [0.1, 0.15) is 5.75 Å². The van der Waals surface area contributed by atoms with E-state index in [1.807, 2.05) is 36.4 Å². The maximum absolute atomic E-state index is 11.2. The number of aromatic carboxylic acids is 1. The van der Waals surface area contributed by atoms with Gasteiger partial charge in [0.05, 0.1) is 12.7 Å². The van der Waals surface area contributed by atoms with Crippen LogP contribution in [-0.4, -0.2) is 18.2 Å². The molecule has 0 radical (unpaired) electrons. The van der Waals surface area contributed by atoms with E-state index >= 15 is 0 Å². The third kappa shape index (κ3) is 5.36. The van der Waals surface area contributed by atoms with E-state index in [0.717, 1.165) is 27.6 Å². The Kier molecular flexibility index (Phi) is 7.75. The molecule has 1 unspecified atom stereocenters. The van der Waals surface area contributed by atoms with Crippen LogP contribution in [0.5, 0.6) is 5.75 Å². The molecule has 4 aromatic rings. The van der Waals surface area contributed by atoms with E-state index in [1.54, 1.807) is 19.2 Å². The first-order valence-corrected chi connectivity index (χ1v) is 10.7. The molecule has 5 heteroatoms. The molecular weight excluding hydrogens is 434 g/mol. The quantitative estimate of drug-likeness (QED) is 0.309. The number of ether oxygens (including phenoxy) is 1.